The third-order valence-corrected chi connectivity index (χ3v) is 4.71. The van der Waals surface area contributed by atoms with Gasteiger partial charge in [-0.05, 0) is 42.8 Å². The van der Waals surface area contributed by atoms with Crippen LogP contribution in [0.2, 0.25) is 0 Å². The molecule has 0 aromatic heterocycles. The molecule has 3 rings (SSSR count). The predicted octanol–water partition coefficient (Wildman–Crippen LogP) is 2.47. The van der Waals surface area contributed by atoms with E-state index >= 15 is 0 Å². The maximum Gasteiger partial charge on any atom is 0.238 e. The van der Waals surface area contributed by atoms with Gasteiger partial charge < -0.3 is 10.6 Å². The molecule has 2 N–H and O–H groups in total. The molecule has 0 spiro atoms. The molecule has 0 atom stereocenters. The van der Waals surface area contributed by atoms with E-state index < -0.39 is 11.6 Å². The first-order chi connectivity index (χ1) is 13.9. The van der Waals surface area contributed by atoms with Crippen molar-refractivity contribution < 1.29 is 18.4 Å². The monoisotopic (exact) mass is 402 g/mol. The molecule has 8 heteroatoms. The van der Waals surface area contributed by atoms with Gasteiger partial charge in [0.05, 0.1) is 18.8 Å². The van der Waals surface area contributed by atoms with Crippen LogP contribution in [-0.4, -0.2) is 60.9 Å². The van der Waals surface area contributed by atoms with E-state index in [9.17, 15) is 18.4 Å². The second-order valence-corrected chi connectivity index (χ2v) is 7.14. The maximum absolute atomic E-state index is 13.8. The number of aryl methyl sites for hydroxylation is 1. The van der Waals surface area contributed by atoms with Gasteiger partial charge in [0.1, 0.15) is 11.6 Å². The van der Waals surface area contributed by atoms with Crippen LogP contribution in [0.3, 0.4) is 0 Å². The van der Waals surface area contributed by atoms with Gasteiger partial charge in [0.15, 0.2) is 0 Å². The Hall–Kier alpha value is -2.84. The Balaban J connectivity index is 1.40. The lowest BCUT2D eigenvalue weighted by Gasteiger charge is -2.33. The van der Waals surface area contributed by atoms with Crippen LogP contribution in [0.4, 0.5) is 20.2 Å². The van der Waals surface area contributed by atoms with Crippen molar-refractivity contribution in [3.63, 3.8) is 0 Å². The minimum Gasteiger partial charge on any atom is -0.325 e. The van der Waals surface area contributed by atoms with E-state index in [0.717, 1.165) is 5.56 Å². The summed E-state index contributed by atoms with van der Waals surface area (Å²) in [6, 6.07) is 10.4. The van der Waals surface area contributed by atoms with E-state index in [-0.39, 0.29) is 30.6 Å². The van der Waals surface area contributed by atoms with E-state index in [1.54, 1.807) is 25.1 Å². The zero-order valence-corrected chi connectivity index (χ0v) is 16.3. The Labute approximate surface area is 168 Å². The molecule has 6 nitrogen and oxygen atoms in total. The summed E-state index contributed by atoms with van der Waals surface area (Å²) >= 11 is 0. The number of anilines is 2. The van der Waals surface area contributed by atoms with Gasteiger partial charge in [-0.15, -0.1) is 0 Å². The largest absolute Gasteiger partial charge is 0.325 e. The molecule has 0 aliphatic carbocycles. The Kier molecular flexibility index (Phi) is 6.90. The highest BCUT2D eigenvalue weighted by molar-refractivity contribution is 5.93. The van der Waals surface area contributed by atoms with Gasteiger partial charge in [-0.25, -0.2) is 8.78 Å². The lowest BCUT2D eigenvalue weighted by atomic mass is 10.2. The van der Waals surface area contributed by atoms with Gasteiger partial charge in [0, 0.05) is 31.9 Å². The van der Waals surface area contributed by atoms with Crippen LogP contribution in [0, 0.1) is 18.6 Å². The van der Waals surface area contributed by atoms with Gasteiger partial charge >= 0.3 is 0 Å². The van der Waals surface area contributed by atoms with Crippen LogP contribution in [-0.2, 0) is 9.59 Å². The first-order valence-corrected chi connectivity index (χ1v) is 9.45. The Morgan fingerprint density at radius 3 is 2.10 bits per heavy atom. The number of hydrogen-bond acceptors (Lipinski definition) is 4. The second-order valence-electron chi connectivity index (χ2n) is 7.14. The SMILES string of the molecule is Cc1ccc(NC(=O)CN2CCN(CC(=O)Nc3cccc(F)c3)CC2)c(F)c1. The first kappa shape index (κ1) is 20.9. The Morgan fingerprint density at radius 1 is 0.897 bits per heavy atom. The van der Waals surface area contributed by atoms with Crippen LogP contribution < -0.4 is 10.6 Å². The van der Waals surface area contributed by atoms with Gasteiger partial charge in [-0.2, -0.15) is 0 Å². The molecule has 2 aromatic carbocycles. The van der Waals surface area contributed by atoms with Crippen LogP contribution in [0.1, 0.15) is 5.56 Å². The number of benzene rings is 2. The lowest BCUT2D eigenvalue weighted by molar-refractivity contribution is -0.120. The number of halogens is 2. The van der Waals surface area contributed by atoms with Crippen molar-refractivity contribution in [2.75, 3.05) is 49.9 Å². The van der Waals surface area contributed by atoms with Crippen molar-refractivity contribution in [1.29, 1.82) is 0 Å². The van der Waals surface area contributed by atoms with Gasteiger partial charge in [-0.1, -0.05) is 12.1 Å². The number of amides is 2. The summed E-state index contributed by atoms with van der Waals surface area (Å²) in [5, 5.41) is 5.27. The second kappa shape index (κ2) is 9.58. The first-order valence-electron chi connectivity index (χ1n) is 9.45. The fourth-order valence-electron chi connectivity index (χ4n) is 3.19. The molecule has 0 unspecified atom stereocenters. The molecule has 0 saturated carbocycles. The predicted molar refractivity (Wildman–Crippen MR) is 108 cm³/mol. The van der Waals surface area contributed by atoms with Crippen LogP contribution in [0.15, 0.2) is 42.5 Å². The van der Waals surface area contributed by atoms with Crippen molar-refractivity contribution in [1.82, 2.24) is 9.80 Å². The minimum atomic E-state index is -0.451. The molecule has 29 heavy (non-hydrogen) atoms. The van der Waals surface area contributed by atoms with E-state index in [1.807, 2.05) is 9.80 Å². The average Bonchev–Trinajstić information content (AvgIpc) is 2.65. The molecular formula is C21H24F2N4O2. The van der Waals surface area contributed by atoms with E-state index in [1.165, 1.54) is 24.3 Å². The third-order valence-electron chi connectivity index (χ3n) is 4.71. The fraction of sp³-hybridized carbons (Fsp3) is 0.333. The van der Waals surface area contributed by atoms with Gasteiger partial charge in [-0.3, -0.25) is 19.4 Å². The summed E-state index contributed by atoms with van der Waals surface area (Å²) in [6.07, 6.45) is 0. The molecule has 1 aliphatic heterocycles. The lowest BCUT2D eigenvalue weighted by Crippen LogP contribution is -2.50. The standard InChI is InChI=1S/C21H24F2N4O2/c1-15-5-6-19(18(23)11-15)25-21(29)14-27-9-7-26(8-10-27)13-20(28)24-17-4-2-3-16(22)12-17/h2-6,11-12H,7-10,13-14H2,1H3,(H,24,28)(H,25,29). The molecule has 2 amide bonds. The van der Waals surface area contributed by atoms with E-state index in [2.05, 4.69) is 10.6 Å². The molecular weight excluding hydrogens is 378 g/mol. The number of hydrogen-bond donors (Lipinski definition) is 2. The highest BCUT2D eigenvalue weighted by atomic mass is 19.1. The summed E-state index contributed by atoms with van der Waals surface area (Å²) < 4.78 is 27.0. The zero-order chi connectivity index (χ0) is 20.8. The quantitative estimate of drug-likeness (QED) is 0.779. The Morgan fingerprint density at radius 2 is 1.52 bits per heavy atom. The number of piperazine rings is 1. The molecule has 1 aliphatic rings. The van der Waals surface area contributed by atoms with Crippen molar-refractivity contribution >= 4 is 23.2 Å². The molecule has 1 saturated heterocycles. The number of nitrogens with one attached hydrogen (secondary N) is 2. The smallest absolute Gasteiger partial charge is 0.238 e. The van der Waals surface area contributed by atoms with Gasteiger partial charge in [0.2, 0.25) is 11.8 Å². The van der Waals surface area contributed by atoms with E-state index in [0.29, 0.717) is 31.9 Å². The van der Waals surface area contributed by atoms with Crippen molar-refractivity contribution in [3.05, 3.63) is 59.7 Å². The highest BCUT2D eigenvalue weighted by Crippen LogP contribution is 2.15. The normalized spacial score (nSPS) is 15.1. The summed E-state index contributed by atoms with van der Waals surface area (Å²) in [4.78, 5) is 28.2. The topological polar surface area (TPSA) is 64.7 Å². The fourth-order valence-corrected chi connectivity index (χ4v) is 3.19. The molecule has 0 radical (unpaired) electrons. The molecule has 0 bridgehead atoms. The number of rotatable bonds is 6. The number of carbonyl (C=O) groups is 2. The summed E-state index contributed by atoms with van der Waals surface area (Å²) in [5.74, 6) is -1.34. The summed E-state index contributed by atoms with van der Waals surface area (Å²) in [5.41, 5.74) is 1.39. The number of carbonyl (C=O) groups excluding carboxylic acids is 2. The average molecular weight is 402 g/mol. The third kappa shape index (κ3) is 6.33. The number of nitrogens with zero attached hydrogens (tertiary/aromatic N) is 2. The molecule has 2 aromatic rings. The Bertz CT molecular complexity index is 883. The van der Waals surface area contributed by atoms with Gasteiger partial charge in [0.25, 0.3) is 0 Å². The summed E-state index contributed by atoms with van der Waals surface area (Å²) in [6.45, 7) is 4.65. The van der Waals surface area contributed by atoms with Crippen LogP contribution >= 0.6 is 0 Å². The van der Waals surface area contributed by atoms with Crippen molar-refractivity contribution in [3.8, 4) is 0 Å². The maximum atomic E-state index is 13.8. The van der Waals surface area contributed by atoms with E-state index in [4.69, 9.17) is 0 Å². The summed E-state index contributed by atoms with van der Waals surface area (Å²) in [7, 11) is 0. The van der Waals surface area contributed by atoms with Crippen molar-refractivity contribution in [2.24, 2.45) is 0 Å². The molecule has 154 valence electrons. The molecule has 1 heterocycles. The van der Waals surface area contributed by atoms with Crippen molar-refractivity contribution in [2.45, 2.75) is 6.92 Å². The minimum absolute atomic E-state index is 0.163. The van der Waals surface area contributed by atoms with Crippen LogP contribution in [0.5, 0.6) is 0 Å². The van der Waals surface area contributed by atoms with Crippen LogP contribution in [0.25, 0.3) is 0 Å². The molecule has 1 fully saturated rings. The highest BCUT2D eigenvalue weighted by Gasteiger charge is 2.21. The zero-order valence-electron chi connectivity index (χ0n) is 16.3.